The van der Waals surface area contributed by atoms with E-state index < -0.39 is 12.0 Å². The van der Waals surface area contributed by atoms with Crippen LogP contribution in [0.4, 0.5) is 13.2 Å². The number of aromatic nitrogens is 4. The Hall–Kier alpha value is -1.65. The van der Waals surface area contributed by atoms with Crippen molar-refractivity contribution in [1.29, 1.82) is 5.26 Å². The van der Waals surface area contributed by atoms with Crippen LogP contribution in [-0.2, 0) is 6.18 Å². The minimum atomic E-state index is -4.64. The van der Waals surface area contributed by atoms with Gasteiger partial charge in [0.25, 0.3) is 5.82 Å². The zero-order valence-electron chi connectivity index (χ0n) is 4.87. The summed E-state index contributed by atoms with van der Waals surface area (Å²) >= 11 is 0. The molecule has 0 saturated heterocycles. The van der Waals surface area contributed by atoms with E-state index in [1.807, 2.05) is 0 Å². The van der Waals surface area contributed by atoms with Crippen molar-refractivity contribution >= 4 is 0 Å². The van der Waals surface area contributed by atoms with Crippen molar-refractivity contribution in [2.24, 2.45) is 0 Å². The smallest absolute Gasteiger partial charge is 0.169 e. The summed E-state index contributed by atoms with van der Waals surface area (Å²) in [6, 6.07) is 0. The number of nitriles is 1. The number of hydrogen-bond donors (Lipinski definition) is 0. The van der Waals surface area contributed by atoms with E-state index in [2.05, 4.69) is 15.4 Å². The molecule has 58 valence electrons. The maximum Gasteiger partial charge on any atom is 0.455 e. The highest BCUT2D eigenvalue weighted by Crippen LogP contribution is 2.24. The molecule has 1 aromatic heterocycles. The van der Waals surface area contributed by atoms with Crippen molar-refractivity contribution in [3.63, 3.8) is 0 Å². The summed E-state index contributed by atoms with van der Waals surface area (Å²) in [7, 11) is 0. The van der Waals surface area contributed by atoms with Gasteiger partial charge in [-0.05, 0) is 5.21 Å². The van der Waals surface area contributed by atoms with E-state index in [-0.39, 0.29) is 4.80 Å². The van der Waals surface area contributed by atoms with E-state index in [4.69, 9.17) is 5.26 Å². The van der Waals surface area contributed by atoms with Crippen LogP contribution in [0.2, 0.25) is 0 Å². The van der Waals surface area contributed by atoms with Crippen LogP contribution in [0.1, 0.15) is 5.82 Å². The van der Waals surface area contributed by atoms with Crippen LogP contribution < -0.4 is 0 Å². The van der Waals surface area contributed by atoms with E-state index in [1.54, 1.807) is 0 Å². The number of nitrogens with zero attached hydrogens (tertiary/aromatic N) is 5. The minimum Gasteiger partial charge on any atom is -0.169 e. The first-order chi connectivity index (χ1) is 5.04. The molecule has 11 heavy (non-hydrogen) atoms. The third-order valence-corrected chi connectivity index (χ3v) is 0.757. The molecule has 0 N–H and O–H groups in total. The summed E-state index contributed by atoms with van der Waals surface area (Å²) in [6.45, 7) is 0. The second-order valence-electron chi connectivity index (χ2n) is 1.50. The number of alkyl halides is 3. The zero-order valence-corrected chi connectivity index (χ0v) is 4.87. The van der Waals surface area contributed by atoms with Gasteiger partial charge in [0.15, 0.2) is 0 Å². The topological polar surface area (TPSA) is 67.4 Å². The fourth-order valence-corrected chi connectivity index (χ4v) is 0.370. The summed E-state index contributed by atoms with van der Waals surface area (Å²) in [5.74, 6) is -1.42. The molecular weight excluding hydrogens is 163 g/mol. The van der Waals surface area contributed by atoms with Crippen LogP contribution in [0.3, 0.4) is 0 Å². The molecule has 0 aliphatic rings. The predicted octanol–water partition coefficient (Wildman–Crippen LogP) is 0.0211. The zero-order chi connectivity index (χ0) is 8.48. The Labute approximate surface area is 58.0 Å². The number of hydrogen-bond acceptors (Lipinski definition) is 4. The molecule has 0 aliphatic carbocycles. The van der Waals surface area contributed by atoms with Crippen LogP contribution in [0.25, 0.3) is 0 Å². The van der Waals surface area contributed by atoms with Crippen LogP contribution in [0.5, 0.6) is 0 Å². The third-order valence-electron chi connectivity index (χ3n) is 0.757. The molecule has 0 atom stereocenters. The van der Waals surface area contributed by atoms with E-state index in [1.165, 1.54) is 6.19 Å². The summed E-state index contributed by atoms with van der Waals surface area (Å²) in [5.41, 5.74) is 0. The molecule has 1 heterocycles. The first-order valence-corrected chi connectivity index (χ1v) is 2.31. The number of tetrazole rings is 1. The van der Waals surface area contributed by atoms with Crippen molar-refractivity contribution in [2.75, 3.05) is 0 Å². The second kappa shape index (κ2) is 2.19. The Morgan fingerprint density at radius 3 is 2.36 bits per heavy atom. The van der Waals surface area contributed by atoms with Gasteiger partial charge in [0.05, 0.1) is 0 Å². The molecule has 1 rings (SSSR count). The molecule has 0 radical (unpaired) electrons. The molecule has 0 fully saturated rings. The maximum absolute atomic E-state index is 11.6. The number of halogens is 3. The summed E-state index contributed by atoms with van der Waals surface area (Å²) in [5, 5.41) is 16.1. The maximum atomic E-state index is 11.6. The van der Waals surface area contributed by atoms with Gasteiger partial charge in [-0.3, -0.25) is 0 Å². The van der Waals surface area contributed by atoms with Crippen LogP contribution >= 0.6 is 0 Å². The molecule has 0 saturated carbocycles. The Balaban J connectivity index is 3.01. The van der Waals surface area contributed by atoms with E-state index in [0.29, 0.717) is 0 Å². The van der Waals surface area contributed by atoms with Gasteiger partial charge < -0.3 is 0 Å². The van der Waals surface area contributed by atoms with Crippen LogP contribution in [-0.4, -0.2) is 20.2 Å². The molecule has 8 heteroatoms. The minimum absolute atomic E-state index is 0.183. The first kappa shape index (κ1) is 7.46. The average Bonchev–Trinajstić information content (AvgIpc) is 2.32. The highest BCUT2D eigenvalue weighted by Gasteiger charge is 2.36. The third kappa shape index (κ3) is 1.43. The lowest BCUT2D eigenvalue weighted by molar-refractivity contribution is -0.145. The highest BCUT2D eigenvalue weighted by atomic mass is 19.4. The Kier molecular flexibility index (Phi) is 1.48. The van der Waals surface area contributed by atoms with Gasteiger partial charge >= 0.3 is 6.18 Å². The predicted molar refractivity (Wildman–Crippen MR) is 23.8 cm³/mol. The van der Waals surface area contributed by atoms with Crippen LogP contribution in [0.15, 0.2) is 0 Å². The second-order valence-corrected chi connectivity index (χ2v) is 1.50. The van der Waals surface area contributed by atoms with Gasteiger partial charge in [-0.1, -0.05) is 4.80 Å². The molecule has 0 unspecified atom stereocenters. The Morgan fingerprint density at radius 2 is 2.09 bits per heavy atom. The summed E-state index contributed by atoms with van der Waals surface area (Å²) in [6.07, 6.45) is -3.39. The summed E-state index contributed by atoms with van der Waals surface area (Å²) in [4.78, 5) is 0.183. The lowest BCUT2D eigenvalue weighted by Gasteiger charge is -1.95. The van der Waals surface area contributed by atoms with Gasteiger partial charge in [-0.25, -0.2) is 0 Å². The van der Waals surface area contributed by atoms with Gasteiger partial charge in [-0.15, -0.1) is 10.2 Å². The number of rotatable bonds is 0. The van der Waals surface area contributed by atoms with Crippen molar-refractivity contribution < 1.29 is 13.2 Å². The van der Waals surface area contributed by atoms with Gasteiger partial charge in [0, 0.05) is 0 Å². The average molecular weight is 163 g/mol. The molecule has 0 aromatic carbocycles. The molecule has 1 aromatic rings. The normalized spacial score (nSPS) is 11.1. The van der Waals surface area contributed by atoms with Gasteiger partial charge in [0.1, 0.15) is 0 Å². The Bertz CT molecular complexity index is 293. The Morgan fingerprint density at radius 1 is 1.45 bits per heavy atom. The fraction of sp³-hybridized carbons (Fsp3) is 0.333. The van der Waals surface area contributed by atoms with Crippen molar-refractivity contribution in [3.05, 3.63) is 5.82 Å². The summed E-state index contributed by atoms with van der Waals surface area (Å²) < 4.78 is 34.9. The van der Waals surface area contributed by atoms with E-state index >= 15 is 0 Å². The molecule has 0 bridgehead atoms. The van der Waals surface area contributed by atoms with Crippen molar-refractivity contribution in [3.8, 4) is 6.19 Å². The monoisotopic (exact) mass is 163 g/mol. The highest BCUT2D eigenvalue weighted by molar-refractivity contribution is 4.85. The van der Waals surface area contributed by atoms with Crippen molar-refractivity contribution in [1.82, 2.24) is 20.2 Å². The van der Waals surface area contributed by atoms with Gasteiger partial charge in [-0.2, -0.15) is 18.4 Å². The molecule has 0 aliphatic heterocycles. The van der Waals surface area contributed by atoms with Gasteiger partial charge in [0.2, 0.25) is 6.19 Å². The lowest BCUT2D eigenvalue weighted by Crippen LogP contribution is -2.08. The van der Waals surface area contributed by atoms with Crippen LogP contribution in [0, 0.1) is 11.5 Å². The molecule has 0 amide bonds. The first-order valence-electron chi connectivity index (χ1n) is 2.31. The lowest BCUT2D eigenvalue weighted by atomic mass is 10.6. The van der Waals surface area contributed by atoms with E-state index in [0.717, 1.165) is 0 Å². The van der Waals surface area contributed by atoms with E-state index in [9.17, 15) is 13.2 Å². The largest absolute Gasteiger partial charge is 0.455 e. The molecule has 5 nitrogen and oxygen atoms in total. The SMILES string of the molecule is N#Cn1nnc(C(F)(F)F)n1. The molecule has 0 spiro atoms. The van der Waals surface area contributed by atoms with Crippen molar-refractivity contribution in [2.45, 2.75) is 6.18 Å². The standard InChI is InChI=1S/C3F3N5/c4-3(5,6)2-8-10-11(1-7)9-2. The molecular formula is C3F3N5. The quantitative estimate of drug-likeness (QED) is 0.540. The fourth-order valence-electron chi connectivity index (χ4n) is 0.370.